The molecule has 8 heteroatoms. The SMILES string of the molecule is CC1CN(C(=O)c2cc([N+](=O)[O-])ccc2N2CCOCC2)CC(C)O1. The lowest BCUT2D eigenvalue weighted by atomic mass is 10.1. The van der Waals surface area contributed by atoms with E-state index in [0.717, 1.165) is 5.69 Å². The van der Waals surface area contributed by atoms with E-state index in [9.17, 15) is 14.9 Å². The van der Waals surface area contributed by atoms with Gasteiger partial charge in [0.1, 0.15) is 0 Å². The van der Waals surface area contributed by atoms with Crippen molar-refractivity contribution in [3.05, 3.63) is 33.9 Å². The molecule has 2 aliphatic heterocycles. The number of hydrogen-bond donors (Lipinski definition) is 0. The molecular weight excluding hydrogens is 326 g/mol. The van der Waals surface area contributed by atoms with Crippen molar-refractivity contribution in [3.63, 3.8) is 0 Å². The van der Waals surface area contributed by atoms with Crippen LogP contribution in [0, 0.1) is 10.1 Å². The van der Waals surface area contributed by atoms with Crippen molar-refractivity contribution in [1.82, 2.24) is 4.90 Å². The molecular formula is C17H23N3O5. The number of amides is 1. The first-order chi connectivity index (χ1) is 12.0. The smallest absolute Gasteiger partial charge is 0.270 e. The molecule has 2 heterocycles. The lowest BCUT2D eigenvalue weighted by molar-refractivity contribution is -0.384. The summed E-state index contributed by atoms with van der Waals surface area (Å²) in [5.41, 5.74) is 1.03. The quantitative estimate of drug-likeness (QED) is 0.610. The van der Waals surface area contributed by atoms with Crippen LogP contribution in [0.1, 0.15) is 24.2 Å². The molecule has 0 radical (unpaired) electrons. The number of anilines is 1. The van der Waals surface area contributed by atoms with Gasteiger partial charge in [0.05, 0.1) is 41.6 Å². The van der Waals surface area contributed by atoms with Crippen LogP contribution in [0.3, 0.4) is 0 Å². The molecule has 2 saturated heterocycles. The van der Waals surface area contributed by atoms with Gasteiger partial charge >= 0.3 is 0 Å². The minimum Gasteiger partial charge on any atom is -0.378 e. The minimum absolute atomic E-state index is 0.0572. The number of nitro groups is 1. The topological polar surface area (TPSA) is 85.2 Å². The van der Waals surface area contributed by atoms with Crippen LogP contribution < -0.4 is 4.90 Å². The molecule has 8 nitrogen and oxygen atoms in total. The molecule has 2 aliphatic rings. The zero-order chi connectivity index (χ0) is 18.0. The fourth-order valence-electron chi connectivity index (χ4n) is 3.40. The highest BCUT2D eigenvalue weighted by Gasteiger charge is 2.30. The molecule has 0 bridgehead atoms. The van der Waals surface area contributed by atoms with Crippen LogP contribution in [-0.4, -0.2) is 67.3 Å². The molecule has 25 heavy (non-hydrogen) atoms. The Bertz CT molecular complexity index is 650. The number of nitrogens with zero attached hydrogens (tertiary/aromatic N) is 3. The second-order valence-corrected chi connectivity index (χ2v) is 6.53. The van der Waals surface area contributed by atoms with Gasteiger partial charge in [0.2, 0.25) is 0 Å². The van der Waals surface area contributed by atoms with Gasteiger partial charge in [-0.25, -0.2) is 0 Å². The van der Waals surface area contributed by atoms with E-state index in [-0.39, 0.29) is 23.8 Å². The van der Waals surface area contributed by atoms with Gasteiger partial charge in [-0.3, -0.25) is 14.9 Å². The molecule has 2 atom stereocenters. The van der Waals surface area contributed by atoms with Gasteiger partial charge in [-0.05, 0) is 19.9 Å². The maximum Gasteiger partial charge on any atom is 0.270 e. The highest BCUT2D eigenvalue weighted by atomic mass is 16.6. The Hall–Kier alpha value is -2.19. The van der Waals surface area contributed by atoms with Crippen molar-refractivity contribution in [2.75, 3.05) is 44.3 Å². The average molecular weight is 349 g/mol. The first-order valence-electron chi connectivity index (χ1n) is 8.51. The third kappa shape index (κ3) is 3.91. The van der Waals surface area contributed by atoms with Crippen LogP contribution in [0.2, 0.25) is 0 Å². The molecule has 2 fully saturated rings. The summed E-state index contributed by atoms with van der Waals surface area (Å²) in [6, 6.07) is 4.51. The number of nitro benzene ring substituents is 1. The fourth-order valence-corrected chi connectivity index (χ4v) is 3.40. The van der Waals surface area contributed by atoms with E-state index in [1.807, 2.05) is 18.7 Å². The first-order valence-corrected chi connectivity index (χ1v) is 8.51. The van der Waals surface area contributed by atoms with Gasteiger partial charge in [-0.2, -0.15) is 0 Å². The molecule has 0 aromatic heterocycles. The first kappa shape index (κ1) is 17.6. The maximum absolute atomic E-state index is 13.1. The Labute approximate surface area is 146 Å². The van der Waals surface area contributed by atoms with E-state index in [1.165, 1.54) is 12.1 Å². The maximum atomic E-state index is 13.1. The Morgan fingerprint density at radius 3 is 2.44 bits per heavy atom. The van der Waals surface area contributed by atoms with E-state index in [4.69, 9.17) is 9.47 Å². The molecule has 3 rings (SSSR count). The molecule has 1 amide bonds. The summed E-state index contributed by atoms with van der Waals surface area (Å²) >= 11 is 0. The molecule has 1 aromatic carbocycles. The minimum atomic E-state index is -0.468. The number of ether oxygens (including phenoxy) is 2. The molecule has 0 N–H and O–H groups in total. The van der Waals surface area contributed by atoms with Crippen molar-refractivity contribution in [3.8, 4) is 0 Å². The molecule has 0 spiro atoms. The summed E-state index contributed by atoms with van der Waals surface area (Å²) in [4.78, 5) is 27.6. The zero-order valence-corrected chi connectivity index (χ0v) is 14.5. The summed E-state index contributed by atoms with van der Waals surface area (Å²) in [6.07, 6.45) is -0.114. The van der Waals surface area contributed by atoms with Gasteiger partial charge < -0.3 is 19.3 Å². The Morgan fingerprint density at radius 1 is 1.20 bits per heavy atom. The summed E-state index contributed by atoms with van der Waals surface area (Å²) in [5.74, 6) is -0.188. The zero-order valence-electron chi connectivity index (χ0n) is 14.5. The van der Waals surface area contributed by atoms with Crippen LogP contribution in [0.5, 0.6) is 0 Å². The van der Waals surface area contributed by atoms with E-state index in [2.05, 4.69) is 0 Å². The number of hydrogen-bond acceptors (Lipinski definition) is 6. The van der Waals surface area contributed by atoms with Crippen LogP contribution in [0.4, 0.5) is 11.4 Å². The van der Waals surface area contributed by atoms with Gasteiger partial charge in [-0.15, -0.1) is 0 Å². The predicted molar refractivity (Wildman–Crippen MR) is 92.0 cm³/mol. The van der Waals surface area contributed by atoms with Crippen molar-refractivity contribution < 1.29 is 19.2 Å². The van der Waals surface area contributed by atoms with Crippen LogP contribution >= 0.6 is 0 Å². The third-order valence-electron chi connectivity index (χ3n) is 4.48. The van der Waals surface area contributed by atoms with Crippen LogP contribution in [0.15, 0.2) is 18.2 Å². The molecule has 2 unspecified atom stereocenters. The molecule has 1 aromatic rings. The Balaban J connectivity index is 1.94. The lowest BCUT2D eigenvalue weighted by Crippen LogP contribution is -2.48. The van der Waals surface area contributed by atoms with Crippen molar-refractivity contribution in [1.29, 1.82) is 0 Å². The largest absolute Gasteiger partial charge is 0.378 e. The van der Waals surface area contributed by atoms with Crippen molar-refractivity contribution in [2.24, 2.45) is 0 Å². The Morgan fingerprint density at radius 2 is 1.84 bits per heavy atom. The van der Waals surface area contributed by atoms with Gasteiger partial charge in [0, 0.05) is 38.3 Å². The van der Waals surface area contributed by atoms with E-state index in [0.29, 0.717) is 45.0 Å². The van der Waals surface area contributed by atoms with E-state index < -0.39 is 4.92 Å². The Kier molecular flexibility index (Phi) is 5.19. The second kappa shape index (κ2) is 7.37. The predicted octanol–water partition coefficient (Wildman–Crippen LogP) is 1.68. The van der Waals surface area contributed by atoms with Crippen LogP contribution in [-0.2, 0) is 9.47 Å². The van der Waals surface area contributed by atoms with E-state index >= 15 is 0 Å². The highest BCUT2D eigenvalue weighted by molar-refractivity contribution is 6.00. The highest BCUT2D eigenvalue weighted by Crippen LogP contribution is 2.28. The lowest BCUT2D eigenvalue weighted by Gasteiger charge is -2.36. The third-order valence-corrected chi connectivity index (χ3v) is 4.48. The number of rotatable bonds is 3. The monoisotopic (exact) mass is 349 g/mol. The summed E-state index contributed by atoms with van der Waals surface area (Å²) in [6.45, 7) is 7.29. The fraction of sp³-hybridized carbons (Fsp3) is 0.588. The van der Waals surface area contributed by atoms with Gasteiger partial charge in [0.15, 0.2) is 0 Å². The number of carbonyl (C=O) groups excluding carboxylic acids is 1. The van der Waals surface area contributed by atoms with Crippen molar-refractivity contribution >= 4 is 17.3 Å². The second-order valence-electron chi connectivity index (χ2n) is 6.53. The standard InChI is InChI=1S/C17H23N3O5/c1-12-10-19(11-13(2)25-12)17(21)15-9-14(20(22)23)3-4-16(15)18-5-7-24-8-6-18/h3-4,9,12-13H,5-8,10-11H2,1-2H3. The summed E-state index contributed by atoms with van der Waals surface area (Å²) in [5, 5.41) is 11.2. The average Bonchev–Trinajstić information content (AvgIpc) is 2.60. The summed E-state index contributed by atoms with van der Waals surface area (Å²) < 4.78 is 11.0. The number of non-ortho nitro benzene ring substituents is 1. The molecule has 136 valence electrons. The van der Waals surface area contributed by atoms with Gasteiger partial charge in [0.25, 0.3) is 11.6 Å². The molecule has 0 aliphatic carbocycles. The summed E-state index contributed by atoms with van der Waals surface area (Å²) in [7, 11) is 0. The van der Waals surface area contributed by atoms with Crippen LogP contribution in [0.25, 0.3) is 0 Å². The normalized spacial score (nSPS) is 24.2. The number of carbonyl (C=O) groups is 1. The van der Waals surface area contributed by atoms with Crippen molar-refractivity contribution in [2.45, 2.75) is 26.1 Å². The number of benzene rings is 1. The molecule has 0 saturated carbocycles. The number of morpholine rings is 2. The van der Waals surface area contributed by atoms with E-state index in [1.54, 1.807) is 11.0 Å². The van der Waals surface area contributed by atoms with Gasteiger partial charge in [-0.1, -0.05) is 0 Å².